The van der Waals surface area contributed by atoms with Crippen LogP contribution in [0.15, 0.2) is 24.3 Å². The normalized spacial score (nSPS) is 9.93. The second-order valence-corrected chi connectivity index (χ2v) is 2.52. The molecule has 0 amide bonds. The van der Waals surface area contributed by atoms with Gasteiger partial charge in [0.25, 0.3) is 0 Å². The van der Waals surface area contributed by atoms with Crippen molar-refractivity contribution in [1.29, 1.82) is 5.26 Å². The number of carboxylic acid groups (broad SMARTS) is 1. The molecule has 0 aliphatic carbocycles. The van der Waals surface area contributed by atoms with Crippen molar-refractivity contribution >= 4 is 5.97 Å². The summed E-state index contributed by atoms with van der Waals surface area (Å²) in [5.41, 5.74) is -1.22. The second kappa shape index (κ2) is 4.93. The van der Waals surface area contributed by atoms with E-state index in [9.17, 15) is 18.7 Å². The monoisotopic (exact) mass is 203 g/mol. The molecule has 0 spiro atoms. The number of rotatable bonds is 2. The molecule has 0 aliphatic rings. The molecule has 3 nitrogen and oxygen atoms in total. The molecule has 1 aromatic carbocycles. The van der Waals surface area contributed by atoms with E-state index in [1.807, 2.05) is 0 Å². The van der Waals surface area contributed by atoms with E-state index in [1.165, 1.54) is 18.2 Å². The number of nitriles is 1. The Balaban J connectivity index is 0.00000196. The van der Waals surface area contributed by atoms with Gasteiger partial charge in [-0.05, 0) is 6.07 Å². The van der Waals surface area contributed by atoms with E-state index in [-0.39, 0.29) is 24.4 Å². The average Bonchev–Trinajstić information content (AvgIpc) is 2.17. The maximum atomic E-state index is 12.9. The van der Waals surface area contributed by atoms with Crippen molar-refractivity contribution < 1.29 is 37.5 Å². The van der Waals surface area contributed by atoms with Crippen molar-refractivity contribution in [3.8, 4) is 6.07 Å². The summed E-state index contributed by atoms with van der Waals surface area (Å²) in [7, 11) is 0. The van der Waals surface area contributed by atoms with Crippen LogP contribution in [0.1, 0.15) is 11.1 Å². The van der Waals surface area contributed by atoms with E-state index in [1.54, 1.807) is 0 Å². The van der Waals surface area contributed by atoms with Gasteiger partial charge in [0.1, 0.15) is 5.97 Å². The Morgan fingerprint density at radius 1 is 1.40 bits per heavy atom. The Morgan fingerprint density at radius 2 is 1.93 bits per heavy atom. The molecule has 0 N–H and O–H groups in total. The minimum atomic E-state index is -4.13. The van der Waals surface area contributed by atoms with Crippen molar-refractivity contribution in [2.75, 3.05) is 0 Å². The fourth-order valence-corrected chi connectivity index (χ4v) is 0.964. The third-order valence-electron chi connectivity index (χ3n) is 1.64. The molecule has 6 heteroatoms. The zero-order valence-corrected chi connectivity index (χ0v) is 7.83. The standard InChI is InChI=1S/C9H5F2NO2.Li/c10-9(11,8(13)14)7-4-2-1-3-6(7)5-12;/h1-4H,(H,13,14);/q;+1/p-1. The summed E-state index contributed by atoms with van der Waals surface area (Å²) in [5, 5.41) is 18.6. The zero-order valence-electron chi connectivity index (χ0n) is 7.83. The van der Waals surface area contributed by atoms with Crippen LogP contribution in [-0.2, 0) is 10.7 Å². The second-order valence-electron chi connectivity index (χ2n) is 2.52. The third-order valence-corrected chi connectivity index (χ3v) is 1.64. The van der Waals surface area contributed by atoms with Gasteiger partial charge in [-0.15, -0.1) is 0 Å². The van der Waals surface area contributed by atoms with Crippen LogP contribution in [0.2, 0.25) is 0 Å². The van der Waals surface area contributed by atoms with Crippen LogP contribution in [0.4, 0.5) is 8.78 Å². The Kier molecular flexibility index (Phi) is 4.48. The van der Waals surface area contributed by atoms with E-state index in [0.717, 1.165) is 12.1 Å². The first-order valence-corrected chi connectivity index (χ1v) is 3.59. The van der Waals surface area contributed by atoms with Crippen molar-refractivity contribution in [2.45, 2.75) is 5.92 Å². The minimum Gasteiger partial charge on any atom is -0.544 e. The molecule has 0 aromatic heterocycles. The number of hydrogen-bond donors (Lipinski definition) is 0. The molecule has 0 radical (unpaired) electrons. The van der Waals surface area contributed by atoms with Gasteiger partial charge in [-0.1, -0.05) is 18.2 Å². The van der Waals surface area contributed by atoms with E-state index in [4.69, 9.17) is 5.26 Å². The number of carbonyl (C=O) groups excluding carboxylic acids is 1. The number of hydrogen-bond acceptors (Lipinski definition) is 3. The van der Waals surface area contributed by atoms with Gasteiger partial charge in [0, 0.05) is 5.56 Å². The van der Waals surface area contributed by atoms with E-state index in [2.05, 4.69) is 0 Å². The van der Waals surface area contributed by atoms with Gasteiger partial charge in [0.15, 0.2) is 0 Å². The van der Waals surface area contributed by atoms with Gasteiger partial charge in [0.2, 0.25) is 0 Å². The van der Waals surface area contributed by atoms with Gasteiger partial charge in [0.05, 0.1) is 11.6 Å². The Bertz CT molecular complexity index is 415. The SMILES string of the molecule is N#Cc1ccccc1C(F)(F)C(=O)[O-].[Li+]. The van der Waals surface area contributed by atoms with Crippen LogP contribution in [0.3, 0.4) is 0 Å². The Morgan fingerprint density at radius 3 is 2.40 bits per heavy atom. The smallest absolute Gasteiger partial charge is 0.544 e. The van der Waals surface area contributed by atoms with Crippen molar-refractivity contribution in [3.05, 3.63) is 35.4 Å². The first-order chi connectivity index (χ1) is 6.50. The fourth-order valence-electron chi connectivity index (χ4n) is 0.964. The molecule has 15 heavy (non-hydrogen) atoms. The summed E-state index contributed by atoms with van der Waals surface area (Å²) in [4.78, 5) is 10.1. The molecule has 0 unspecified atom stereocenters. The summed E-state index contributed by atoms with van der Waals surface area (Å²) < 4.78 is 25.8. The molecule has 0 heterocycles. The molecular weight excluding hydrogens is 199 g/mol. The van der Waals surface area contributed by atoms with Gasteiger partial charge in [-0.25, -0.2) is 0 Å². The maximum absolute atomic E-state index is 12.9. The minimum absolute atomic E-state index is 0. The maximum Gasteiger partial charge on any atom is 1.00 e. The van der Waals surface area contributed by atoms with E-state index in [0.29, 0.717) is 0 Å². The van der Waals surface area contributed by atoms with E-state index < -0.39 is 17.5 Å². The molecule has 0 atom stereocenters. The third kappa shape index (κ3) is 2.56. The van der Waals surface area contributed by atoms with Crippen LogP contribution in [-0.4, -0.2) is 5.97 Å². The van der Waals surface area contributed by atoms with Crippen molar-refractivity contribution in [1.82, 2.24) is 0 Å². The number of carbonyl (C=O) groups is 1. The zero-order chi connectivity index (χ0) is 10.8. The number of aliphatic carboxylic acids is 1. The number of halogens is 2. The molecular formula is C9H4F2LiNO2. The van der Waals surface area contributed by atoms with Crippen LogP contribution < -0.4 is 24.0 Å². The summed E-state index contributed by atoms with van der Waals surface area (Å²) in [6.07, 6.45) is 0. The predicted molar refractivity (Wildman–Crippen MR) is 40.1 cm³/mol. The Labute approximate surface area is 96.5 Å². The molecule has 1 aromatic rings. The molecule has 0 bridgehead atoms. The first-order valence-electron chi connectivity index (χ1n) is 3.59. The van der Waals surface area contributed by atoms with Crippen LogP contribution >= 0.6 is 0 Å². The quantitative estimate of drug-likeness (QED) is 0.495. The topological polar surface area (TPSA) is 63.9 Å². The summed E-state index contributed by atoms with van der Waals surface area (Å²) in [6.45, 7) is 0. The van der Waals surface area contributed by atoms with Crippen molar-refractivity contribution in [2.24, 2.45) is 0 Å². The largest absolute Gasteiger partial charge is 1.00 e. The summed E-state index contributed by atoms with van der Waals surface area (Å²) >= 11 is 0. The first kappa shape index (κ1) is 13.6. The van der Waals surface area contributed by atoms with Gasteiger partial charge >= 0.3 is 24.8 Å². The molecule has 1 rings (SSSR count). The summed E-state index contributed by atoms with van der Waals surface area (Å²) in [6, 6.07) is 6.08. The van der Waals surface area contributed by atoms with Gasteiger partial charge < -0.3 is 9.90 Å². The molecule has 0 fully saturated rings. The summed E-state index contributed by atoms with van der Waals surface area (Å²) in [5.74, 6) is -6.65. The number of benzene rings is 1. The number of alkyl halides is 2. The predicted octanol–water partition coefficient (Wildman–Crippen LogP) is -2.60. The average molecular weight is 203 g/mol. The number of nitrogens with zero attached hydrogens (tertiary/aromatic N) is 1. The van der Waals surface area contributed by atoms with Gasteiger partial charge in [-0.2, -0.15) is 14.0 Å². The van der Waals surface area contributed by atoms with Crippen LogP contribution in [0, 0.1) is 11.3 Å². The van der Waals surface area contributed by atoms with Crippen LogP contribution in [0.5, 0.6) is 0 Å². The molecule has 0 saturated heterocycles. The molecule has 72 valence electrons. The Hall–Kier alpha value is -1.36. The fraction of sp³-hybridized carbons (Fsp3) is 0.111. The molecule has 0 saturated carbocycles. The van der Waals surface area contributed by atoms with E-state index >= 15 is 0 Å². The van der Waals surface area contributed by atoms with Gasteiger partial charge in [-0.3, -0.25) is 0 Å². The number of carboxylic acids is 1. The molecule has 0 aliphatic heterocycles. The van der Waals surface area contributed by atoms with Crippen molar-refractivity contribution in [3.63, 3.8) is 0 Å². The van der Waals surface area contributed by atoms with Crippen LogP contribution in [0.25, 0.3) is 0 Å².